The molecule has 1 saturated carbocycles. The Morgan fingerprint density at radius 1 is 1.42 bits per heavy atom. The molecule has 108 valence electrons. The monoisotopic (exact) mass is 282 g/mol. The summed E-state index contributed by atoms with van der Waals surface area (Å²) in [6, 6.07) is 0.627. The standard InChI is InChI=1S/C14H26N4S/c1-3-9-15-13(12-7-5-4-6-8-12)10-19-14-17-16-11-18(14)2/h11-13,15H,3-10H2,1-2H3. The lowest BCUT2D eigenvalue weighted by Crippen LogP contribution is -2.39. The average Bonchev–Trinajstić information content (AvgIpc) is 2.85. The van der Waals surface area contributed by atoms with Crippen molar-refractivity contribution in [3.05, 3.63) is 6.33 Å². The Bertz CT molecular complexity index is 360. The fourth-order valence-corrected chi connectivity index (χ4v) is 3.87. The molecule has 1 fully saturated rings. The van der Waals surface area contributed by atoms with Crippen LogP contribution in [0.15, 0.2) is 11.5 Å². The summed E-state index contributed by atoms with van der Waals surface area (Å²) >= 11 is 1.83. The molecule has 0 saturated heterocycles. The predicted molar refractivity (Wildman–Crippen MR) is 80.4 cm³/mol. The zero-order chi connectivity index (χ0) is 13.5. The molecule has 19 heavy (non-hydrogen) atoms. The number of nitrogens with one attached hydrogen (secondary N) is 1. The first kappa shape index (κ1) is 14.9. The third-order valence-corrected chi connectivity index (χ3v) is 5.09. The lowest BCUT2D eigenvalue weighted by atomic mass is 9.84. The molecule has 1 unspecified atom stereocenters. The van der Waals surface area contributed by atoms with Crippen molar-refractivity contribution in [3.63, 3.8) is 0 Å². The maximum atomic E-state index is 4.16. The molecule has 1 aliphatic carbocycles. The van der Waals surface area contributed by atoms with Crippen LogP contribution < -0.4 is 5.32 Å². The summed E-state index contributed by atoms with van der Waals surface area (Å²) in [7, 11) is 2.01. The molecule has 0 spiro atoms. The zero-order valence-electron chi connectivity index (χ0n) is 12.1. The lowest BCUT2D eigenvalue weighted by molar-refractivity contribution is 0.285. The third-order valence-electron chi connectivity index (χ3n) is 3.94. The van der Waals surface area contributed by atoms with E-state index in [2.05, 4.69) is 22.4 Å². The van der Waals surface area contributed by atoms with Crippen molar-refractivity contribution < 1.29 is 0 Å². The highest BCUT2D eigenvalue weighted by Crippen LogP contribution is 2.29. The Hall–Kier alpha value is -0.550. The molecule has 0 amide bonds. The molecular weight excluding hydrogens is 256 g/mol. The minimum atomic E-state index is 0.627. The Kier molecular flexibility index (Phi) is 6.17. The van der Waals surface area contributed by atoms with Crippen molar-refractivity contribution >= 4 is 11.8 Å². The molecule has 1 aromatic heterocycles. The van der Waals surface area contributed by atoms with Gasteiger partial charge < -0.3 is 9.88 Å². The SMILES string of the molecule is CCCNC(CSc1nncn1C)C1CCCCC1. The zero-order valence-corrected chi connectivity index (χ0v) is 13.0. The molecule has 4 nitrogen and oxygen atoms in total. The molecular formula is C14H26N4S. The van der Waals surface area contributed by atoms with Crippen LogP contribution in [0.1, 0.15) is 45.4 Å². The third kappa shape index (κ3) is 4.49. The van der Waals surface area contributed by atoms with Crippen LogP contribution in [0.2, 0.25) is 0 Å². The lowest BCUT2D eigenvalue weighted by Gasteiger charge is -2.30. The second-order valence-corrected chi connectivity index (χ2v) is 6.48. The van der Waals surface area contributed by atoms with Gasteiger partial charge in [-0.1, -0.05) is 37.9 Å². The van der Waals surface area contributed by atoms with Crippen LogP contribution in [0.4, 0.5) is 0 Å². The van der Waals surface area contributed by atoms with Gasteiger partial charge in [-0.25, -0.2) is 0 Å². The van der Waals surface area contributed by atoms with Crippen molar-refractivity contribution in [2.75, 3.05) is 12.3 Å². The molecule has 2 rings (SSSR count). The summed E-state index contributed by atoms with van der Waals surface area (Å²) in [5.74, 6) is 1.96. The number of thioether (sulfide) groups is 1. The second kappa shape index (κ2) is 7.90. The van der Waals surface area contributed by atoms with Gasteiger partial charge in [-0.2, -0.15) is 0 Å². The highest BCUT2D eigenvalue weighted by Gasteiger charge is 2.23. The fraction of sp³-hybridized carbons (Fsp3) is 0.857. The molecule has 1 aromatic rings. The van der Waals surface area contributed by atoms with Crippen molar-refractivity contribution in [1.29, 1.82) is 0 Å². The summed E-state index contributed by atoms with van der Waals surface area (Å²) < 4.78 is 2.00. The maximum absolute atomic E-state index is 4.16. The molecule has 5 heteroatoms. The molecule has 1 aliphatic rings. The minimum Gasteiger partial charge on any atom is -0.313 e. The summed E-state index contributed by atoms with van der Waals surface area (Å²) in [6.07, 6.45) is 10.00. The largest absolute Gasteiger partial charge is 0.313 e. The first-order chi connectivity index (χ1) is 9.31. The molecule has 0 aromatic carbocycles. The number of hydrogen-bond donors (Lipinski definition) is 1. The van der Waals surface area contributed by atoms with E-state index in [1.165, 1.54) is 38.5 Å². The van der Waals surface area contributed by atoms with Crippen molar-refractivity contribution in [3.8, 4) is 0 Å². The van der Waals surface area contributed by atoms with Crippen LogP contribution in [0.5, 0.6) is 0 Å². The molecule has 1 N–H and O–H groups in total. The van der Waals surface area contributed by atoms with Crippen molar-refractivity contribution in [2.24, 2.45) is 13.0 Å². The van der Waals surface area contributed by atoms with E-state index in [0.717, 1.165) is 23.4 Å². The molecule has 0 aliphatic heterocycles. The average molecular weight is 282 g/mol. The van der Waals surface area contributed by atoms with Gasteiger partial charge in [-0.15, -0.1) is 10.2 Å². The summed E-state index contributed by atoms with van der Waals surface area (Å²) in [4.78, 5) is 0. The van der Waals surface area contributed by atoms with E-state index in [1.54, 1.807) is 6.33 Å². The summed E-state index contributed by atoms with van der Waals surface area (Å²) in [6.45, 7) is 3.36. The van der Waals surface area contributed by atoms with Crippen LogP contribution in [0, 0.1) is 5.92 Å². The topological polar surface area (TPSA) is 42.7 Å². The first-order valence-corrected chi connectivity index (χ1v) is 8.50. The maximum Gasteiger partial charge on any atom is 0.190 e. The van der Waals surface area contributed by atoms with E-state index in [-0.39, 0.29) is 0 Å². The van der Waals surface area contributed by atoms with Crippen molar-refractivity contribution in [1.82, 2.24) is 20.1 Å². The van der Waals surface area contributed by atoms with Crippen LogP contribution in [0.25, 0.3) is 0 Å². The van der Waals surface area contributed by atoms with Gasteiger partial charge in [0.05, 0.1) is 0 Å². The predicted octanol–water partition coefficient (Wildman–Crippen LogP) is 2.86. The quantitative estimate of drug-likeness (QED) is 0.781. The molecule has 0 radical (unpaired) electrons. The Morgan fingerprint density at radius 2 is 2.21 bits per heavy atom. The Morgan fingerprint density at radius 3 is 2.84 bits per heavy atom. The van der Waals surface area contributed by atoms with E-state index < -0.39 is 0 Å². The smallest absolute Gasteiger partial charge is 0.190 e. The first-order valence-electron chi connectivity index (χ1n) is 7.51. The Labute approximate surface area is 120 Å². The molecule has 1 atom stereocenters. The van der Waals surface area contributed by atoms with Gasteiger partial charge in [0, 0.05) is 18.8 Å². The van der Waals surface area contributed by atoms with E-state index in [9.17, 15) is 0 Å². The van der Waals surface area contributed by atoms with Gasteiger partial charge in [-0.05, 0) is 31.7 Å². The van der Waals surface area contributed by atoms with Crippen LogP contribution in [-0.4, -0.2) is 33.1 Å². The number of nitrogens with zero attached hydrogens (tertiary/aromatic N) is 3. The number of hydrogen-bond acceptors (Lipinski definition) is 4. The normalized spacial score (nSPS) is 18.6. The van der Waals surface area contributed by atoms with Gasteiger partial charge in [0.25, 0.3) is 0 Å². The van der Waals surface area contributed by atoms with E-state index in [1.807, 2.05) is 23.4 Å². The molecule has 0 bridgehead atoms. The van der Waals surface area contributed by atoms with E-state index in [4.69, 9.17) is 0 Å². The van der Waals surface area contributed by atoms with Crippen molar-refractivity contribution in [2.45, 2.75) is 56.6 Å². The fourth-order valence-electron chi connectivity index (χ4n) is 2.80. The summed E-state index contributed by atoms with van der Waals surface area (Å²) in [5.41, 5.74) is 0. The number of aryl methyl sites for hydroxylation is 1. The summed E-state index contributed by atoms with van der Waals surface area (Å²) in [5, 5.41) is 12.9. The van der Waals surface area contributed by atoms with Crippen LogP contribution >= 0.6 is 11.8 Å². The van der Waals surface area contributed by atoms with E-state index >= 15 is 0 Å². The van der Waals surface area contributed by atoms with Gasteiger partial charge in [-0.3, -0.25) is 0 Å². The minimum absolute atomic E-state index is 0.627. The van der Waals surface area contributed by atoms with Gasteiger partial charge in [0.1, 0.15) is 6.33 Å². The number of rotatable bonds is 7. The Balaban J connectivity index is 1.87. The van der Waals surface area contributed by atoms with Gasteiger partial charge >= 0.3 is 0 Å². The highest BCUT2D eigenvalue weighted by atomic mass is 32.2. The highest BCUT2D eigenvalue weighted by molar-refractivity contribution is 7.99. The number of aromatic nitrogens is 3. The van der Waals surface area contributed by atoms with Gasteiger partial charge in [0.2, 0.25) is 0 Å². The molecule has 1 heterocycles. The van der Waals surface area contributed by atoms with E-state index in [0.29, 0.717) is 6.04 Å². The van der Waals surface area contributed by atoms with Gasteiger partial charge in [0.15, 0.2) is 5.16 Å². The second-order valence-electron chi connectivity index (χ2n) is 5.49. The van der Waals surface area contributed by atoms with Crippen LogP contribution in [-0.2, 0) is 7.05 Å². The van der Waals surface area contributed by atoms with Crippen LogP contribution in [0.3, 0.4) is 0 Å².